The van der Waals surface area contributed by atoms with Crippen LogP contribution < -0.4 is 5.32 Å². The highest BCUT2D eigenvalue weighted by Crippen LogP contribution is 2.22. The van der Waals surface area contributed by atoms with E-state index in [0.717, 1.165) is 16.7 Å². The van der Waals surface area contributed by atoms with Crippen molar-refractivity contribution >= 4 is 5.97 Å². The standard InChI is InChI=1S/C13H19NO3/c1-8-5-11(6-9(2)12(8)15)7-14-10(3)13(16)17-4/h5-6,10,14-15H,7H2,1-4H3. The number of ether oxygens (including phenoxy) is 1. The number of phenols is 1. The molecule has 17 heavy (non-hydrogen) atoms. The Morgan fingerprint density at radius 1 is 1.41 bits per heavy atom. The minimum absolute atomic E-state index is 0.280. The molecule has 0 radical (unpaired) electrons. The molecule has 0 heterocycles. The largest absolute Gasteiger partial charge is 0.507 e. The molecule has 0 amide bonds. The van der Waals surface area contributed by atoms with Gasteiger partial charge < -0.3 is 15.2 Å². The maximum absolute atomic E-state index is 11.2. The van der Waals surface area contributed by atoms with Crippen LogP contribution in [-0.2, 0) is 16.1 Å². The fraction of sp³-hybridized carbons (Fsp3) is 0.462. The van der Waals surface area contributed by atoms with Gasteiger partial charge in [0.15, 0.2) is 0 Å². The van der Waals surface area contributed by atoms with E-state index in [1.807, 2.05) is 26.0 Å². The molecule has 4 nitrogen and oxygen atoms in total. The second-order valence-electron chi connectivity index (χ2n) is 4.20. The molecule has 0 aliphatic rings. The maximum Gasteiger partial charge on any atom is 0.322 e. The van der Waals surface area contributed by atoms with Crippen molar-refractivity contribution in [3.8, 4) is 5.75 Å². The zero-order valence-corrected chi connectivity index (χ0v) is 10.7. The first-order chi connectivity index (χ1) is 7.95. The van der Waals surface area contributed by atoms with Crippen LogP contribution in [0.2, 0.25) is 0 Å². The third kappa shape index (κ3) is 3.46. The Labute approximate surface area is 102 Å². The number of hydrogen-bond donors (Lipinski definition) is 2. The number of rotatable bonds is 4. The van der Waals surface area contributed by atoms with Crippen molar-refractivity contribution in [2.75, 3.05) is 7.11 Å². The fourth-order valence-electron chi connectivity index (χ4n) is 1.68. The monoisotopic (exact) mass is 237 g/mol. The number of aryl methyl sites for hydroxylation is 2. The zero-order valence-electron chi connectivity index (χ0n) is 10.7. The second kappa shape index (κ2) is 5.68. The van der Waals surface area contributed by atoms with E-state index in [1.165, 1.54) is 7.11 Å². The van der Waals surface area contributed by atoms with E-state index < -0.39 is 0 Å². The number of carbonyl (C=O) groups excluding carboxylic acids is 1. The average molecular weight is 237 g/mol. The van der Waals surface area contributed by atoms with Gasteiger partial charge in [-0.05, 0) is 37.5 Å². The zero-order chi connectivity index (χ0) is 13.0. The normalized spacial score (nSPS) is 12.2. The van der Waals surface area contributed by atoms with Crippen LogP contribution in [0.25, 0.3) is 0 Å². The van der Waals surface area contributed by atoms with Crippen LogP contribution in [0.5, 0.6) is 5.75 Å². The van der Waals surface area contributed by atoms with Crippen LogP contribution >= 0.6 is 0 Å². The first kappa shape index (κ1) is 13.5. The average Bonchev–Trinajstić information content (AvgIpc) is 2.31. The summed E-state index contributed by atoms with van der Waals surface area (Å²) in [6, 6.07) is 3.47. The maximum atomic E-state index is 11.2. The number of nitrogens with one attached hydrogen (secondary N) is 1. The van der Waals surface area contributed by atoms with Gasteiger partial charge >= 0.3 is 5.97 Å². The molecule has 0 aromatic heterocycles. The molecule has 1 aromatic rings. The van der Waals surface area contributed by atoms with Crippen molar-refractivity contribution in [2.24, 2.45) is 0 Å². The van der Waals surface area contributed by atoms with E-state index in [-0.39, 0.29) is 12.0 Å². The molecule has 94 valence electrons. The van der Waals surface area contributed by atoms with Gasteiger partial charge in [0, 0.05) is 6.54 Å². The highest BCUT2D eigenvalue weighted by Gasteiger charge is 2.12. The lowest BCUT2D eigenvalue weighted by molar-refractivity contribution is -0.142. The molecule has 0 bridgehead atoms. The van der Waals surface area contributed by atoms with Gasteiger partial charge in [-0.25, -0.2) is 0 Å². The molecule has 0 saturated heterocycles. The minimum atomic E-state index is -0.339. The van der Waals surface area contributed by atoms with Crippen molar-refractivity contribution in [3.05, 3.63) is 28.8 Å². The van der Waals surface area contributed by atoms with Gasteiger partial charge in [-0.15, -0.1) is 0 Å². The van der Waals surface area contributed by atoms with Gasteiger partial charge in [0.05, 0.1) is 7.11 Å². The molecule has 1 atom stereocenters. The van der Waals surface area contributed by atoms with Crippen molar-refractivity contribution in [1.82, 2.24) is 5.32 Å². The molecule has 0 saturated carbocycles. The number of hydrogen-bond acceptors (Lipinski definition) is 4. The van der Waals surface area contributed by atoms with E-state index in [1.54, 1.807) is 6.92 Å². The van der Waals surface area contributed by atoms with Crippen molar-refractivity contribution < 1.29 is 14.6 Å². The fourth-order valence-corrected chi connectivity index (χ4v) is 1.68. The smallest absolute Gasteiger partial charge is 0.322 e. The van der Waals surface area contributed by atoms with Crippen molar-refractivity contribution in [1.29, 1.82) is 0 Å². The number of aromatic hydroxyl groups is 1. The summed E-state index contributed by atoms with van der Waals surface area (Å²) in [6.07, 6.45) is 0. The Hall–Kier alpha value is -1.55. The SMILES string of the molecule is COC(=O)C(C)NCc1cc(C)c(O)c(C)c1. The molecule has 0 spiro atoms. The van der Waals surface area contributed by atoms with Gasteiger partial charge in [-0.3, -0.25) is 4.79 Å². The summed E-state index contributed by atoms with van der Waals surface area (Å²) in [5, 5.41) is 12.7. The van der Waals surface area contributed by atoms with E-state index in [9.17, 15) is 9.90 Å². The van der Waals surface area contributed by atoms with Crippen LogP contribution in [0.3, 0.4) is 0 Å². The Morgan fingerprint density at radius 3 is 2.41 bits per heavy atom. The number of carbonyl (C=O) groups is 1. The second-order valence-corrected chi connectivity index (χ2v) is 4.20. The Balaban J connectivity index is 2.67. The Bertz CT molecular complexity index is 392. The highest BCUT2D eigenvalue weighted by atomic mass is 16.5. The third-order valence-electron chi connectivity index (χ3n) is 2.72. The first-order valence-electron chi connectivity index (χ1n) is 5.56. The lowest BCUT2D eigenvalue weighted by Gasteiger charge is -2.13. The summed E-state index contributed by atoms with van der Waals surface area (Å²) >= 11 is 0. The molecular formula is C13H19NO3. The third-order valence-corrected chi connectivity index (χ3v) is 2.72. The lowest BCUT2D eigenvalue weighted by atomic mass is 10.1. The summed E-state index contributed by atoms with van der Waals surface area (Å²) in [6.45, 7) is 6.04. The minimum Gasteiger partial charge on any atom is -0.507 e. The van der Waals surface area contributed by atoms with Gasteiger partial charge in [-0.1, -0.05) is 12.1 Å². The summed E-state index contributed by atoms with van der Waals surface area (Å²) in [4.78, 5) is 11.2. The molecule has 1 rings (SSSR count). The molecule has 2 N–H and O–H groups in total. The van der Waals surface area contributed by atoms with E-state index in [0.29, 0.717) is 12.3 Å². The van der Waals surface area contributed by atoms with Crippen molar-refractivity contribution in [3.63, 3.8) is 0 Å². The summed E-state index contributed by atoms with van der Waals surface area (Å²) in [7, 11) is 1.37. The predicted octanol–water partition coefficient (Wildman–Crippen LogP) is 1.66. The molecule has 1 unspecified atom stereocenters. The van der Waals surface area contributed by atoms with Crippen molar-refractivity contribution in [2.45, 2.75) is 33.4 Å². The Kier molecular flexibility index (Phi) is 4.52. The molecular weight excluding hydrogens is 218 g/mol. The quantitative estimate of drug-likeness (QED) is 0.782. The van der Waals surface area contributed by atoms with Crippen LogP contribution in [0.4, 0.5) is 0 Å². The van der Waals surface area contributed by atoms with Crippen LogP contribution in [0.15, 0.2) is 12.1 Å². The summed E-state index contributed by atoms with van der Waals surface area (Å²) in [5.74, 6) is 0.0481. The summed E-state index contributed by atoms with van der Waals surface area (Å²) in [5.41, 5.74) is 2.72. The molecule has 0 fully saturated rings. The van der Waals surface area contributed by atoms with Crippen LogP contribution in [-0.4, -0.2) is 24.2 Å². The topological polar surface area (TPSA) is 58.6 Å². The first-order valence-corrected chi connectivity index (χ1v) is 5.56. The number of methoxy groups -OCH3 is 1. The lowest BCUT2D eigenvalue weighted by Crippen LogP contribution is -2.34. The molecule has 4 heteroatoms. The highest BCUT2D eigenvalue weighted by molar-refractivity contribution is 5.75. The number of esters is 1. The van der Waals surface area contributed by atoms with Crippen LogP contribution in [0, 0.1) is 13.8 Å². The molecule has 0 aliphatic carbocycles. The van der Waals surface area contributed by atoms with E-state index >= 15 is 0 Å². The van der Waals surface area contributed by atoms with Gasteiger partial charge in [0.25, 0.3) is 0 Å². The Morgan fingerprint density at radius 2 is 1.94 bits per heavy atom. The van der Waals surface area contributed by atoms with E-state index in [2.05, 4.69) is 10.1 Å². The van der Waals surface area contributed by atoms with Crippen LogP contribution in [0.1, 0.15) is 23.6 Å². The van der Waals surface area contributed by atoms with Gasteiger partial charge in [0.1, 0.15) is 11.8 Å². The molecule has 1 aromatic carbocycles. The molecule has 0 aliphatic heterocycles. The predicted molar refractivity (Wildman–Crippen MR) is 65.9 cm³/mol. The van der Waals surface area contributed by atoms with Gasteiger partial charge in [-0.2, -0.15) is 0 Å². The number of benzene rings is 1. The van der Waals surface area contributed by atoms with E-state index in [4.69, 9.17) is 0 Å². The number of phenolic OH excluding ortho intramolecular Hbond substituents is 1. The van der Waals surface area contributed by atoms with Gasteiger partial charge in [0.2, 0.25) is 0 Å². The summed E-state index contributed by atoms with van der Waals surface area (Å²) < 4.78 is 4.63.